The number of nitrogens with zero attached hydrogens (tertiary/aromatic N) is 4. The molecule has 0 bridgehead atoms. The molecule has 6 heteroatoms. The predicted octanol–water partition coefficient (Wildman–Crippen LogP) is 1.07. The fraction of sp³-hybridized carbons (Fsp3) is 0. The van der Waals surface area contributed by atoms with Gasteiger partial charge in [-0.2, -0.15) is 0 Å². The molecule has 0 aliphatic rings. The molecule has 14 heavy (non-hydrogen) atoms. The Balaban J connectivity index is 2.36. The van der Waals surface area contributed by atoms with E-state index in [4.69, 9.17) is 0 Å². The van der Waals surface area contributed by atoms with Gasteiger partial charge >= 0.3 is 0 Å². The van der Waals surface area contributed by atoms with Gasteiger partial charge < -0.3 is 0 Å². The predicted molar refractivity (Wildman–Crippen MR) is 43.9 cm³/mol. The van der Waals surface area contributed by atoms with Gasteiger partial charge in [-0.25, -0.2) is 9.26 Å². The molecule has 3 rings (SSSR count). The average molecular weight is 187 g/mol. The second-order valence-corrected chi connectivity index (χ2v) is 2.66. The minimum absolute atomic E-state index is 0.492. The van der Waals surface area contributed by atoms with Gasteiger partial charge in [-0.3, -0.25) is 0 Å². The van der Waals surface area contributed by atoms with E-state index in [1.165, 1.54) is 0 Å². The molecule has 67 valence electrons. The van der Waals surface area contributed by atoms with Gasteiger partial charge in [0.25, 0.3) is 0 Å². The zero-order valence-electron chi connectivity index (χ0n) is 6.84. The Morgan fingerprint density at radius 3 is 2.93 bits per heavy atom. The Bertz CT molecular complexity index is 558. The maximum Gasteiger partial charge on any atom is 0.167 e. The summed E-state index contributed by atoms with van der Waals surface area (Å²) in [4.78, 5) is 0. The van der Waals surface area contributed by atoms with Crippen LogP contribution in [0.1, 0.15) is 0 Å². The van der Waals surface area contributed by atoms with Crippen molar-refractivity contribution in [1.29, 1.82) is 0 Å². The van der Waals surface area contributed by atoms with Crippen molar-refractivity contribution in [3.05, 3.63) is 24.4 Å². The SMILES string of the molecule is [c]1nonc1-c1cccc2nonc12. The lowest BCUT2D eigenvalue weighted by Crippen LogP contribution is -1.79. The smallest absolute Gasteiger partial charge is 0.167 e. The summed E-state index contributed by atoms with van der Waals surface area (Å²) < 4.78 is 9.07. The topological polar surface area (TPSA) is 77.8 Å². The fourth-order valence-electron chi connectivity index (χ4n) is 1.25. The van der Waals surface area contributed by atoms with E-state index in [-0.39, 0.29) is 0 Å². The Kier molecular flexibility index (Phi) is 1.35. The number of aromatic nitrogens is 4. The third kappa shape index (κ3) is 0.905. The van der Waals surface area contributed by atoms with Crippen LogP contribution in [0, 0.1) is 6.20 Å². The Hall–Kier alpha value is -2.24. The van der Waals surface area contributed by atoms with Crippen LogP contribution in [0.15, 0.2) is 27.5 Å². The minimum Gasteiger partial charge on any atom is -0.243 e. The van der Waals surface area contributed by atoms with Crippen LogP contribution in [0.25, 0.3) is 22.3 Å². The average Bonchev–Trinajstić information content (AvgIpc) is 2.88. The molecular weight excluding hydrogens is 184 g/mol. The zero-order chi connectivity index (χ0) is 9.38. The molecule has 0 amide bonds. The van der Waals surface area contributed by atoms with Crippen LogP contribution in [-0.4, -0.2) is 20.6 Å². The summed E-state index contributed by atoms with van der Waals surface area (Å²) in [7, 11) is 0. The summed E-state index contributed by atoms with van der Waals surface area (Å²) in [6.07, 6.45) is 2.60. The van der Waals surface area contributed by atoms with Gasteiger partial charge in [0.05, 0.1) is 0 Å². The van der Waals surface area contributed by atoms with Crippen molar-refractivity contribution in [2.45, 2.75) is 0 Å². The molecule has 1 radical (unpaired) electrons. The lowest BCUT2D eigenvalue weighted by molar-refractivity contribution is 0.307. The third-order valence-corrected chi connectivity index (χ3v) is 1.87. The summed E-state index contributed by atoms with van der Waals surface area (Å²) >= 11 is 0. The van der Waals surface area contributed by atoms with Crippen molar-refractivity contribution in [3.63, 3.8) is 0 Å². The van der Waals surface area contributed by atoms with E-state index in [0.717, 1.165) is 5.56 Å². The normalized spacial score (nSPS) is 10.9. The Labute approximate surface area is 77.4 Å². The molecule has 0 saturated heterocycles. The Morgan fingerprint density at radius 1 is 1.07 bits per heavy atom. The summed E-state index contributed by atoms with van der Waals surface area (Å²) in [5.41, 5.74) is 2.52. The van der Waals surface area contributed by atoms with Gasteiger partial charge in [0.2, 0.25) is 0 Å². The number of fused-ring (bicyclic) bond motifs is 1. The molecular formula is C8H3N4O2. The highest BCUT2D eigenvalue weighted by molar-refractivity contribution is 5.89. The van der Waals surface area contributed by atoms with Crippen LogP contribution in [0.3, 0.4) is 0 Å². The standard InChI is InChI=1S/C8H3N4O2/c1-2-5(7-4-9-13-11-7)8-6(3-1)10-14-12-8/h1-3H. The first kappa shape index (κ1) is 7.19. The van der Waals surface area contributed by atoms with Crippen LogP contribution < -0.4 is 0 Å². The van der Waals surface area contributed by atoms with Gasteiger partial charge in [0, 0.05) is 5.56 Å². The lowest BCUT2D eigenvalue weighted by atomic mass is 10.1. The largest absolute Gasteiger partial charge is 0.243 e. The van der Waals surface area contributed by atoms with Gasteiger partial charge in [0.15, 0.2) is 6.20 Å². The molecule has 0 atom stereocenters. The highest BCUT2D eigenvalue weighted by Gasteiger charge is 2.11. The van der Waals surface area contributed by atoms with Crippen molar-refractivity contribution in [2.75, 3.05) is 0 Å². The highest BCUT2D eigenvalue weighted by atomic mass is 16.6. The van der Waals surface area contributed by atoms with Crippen molar-refractivity contribution < 1.29 is 9.26 Å². The molecule has 2 aromatic heterocycles. The first-order chi connectivity index (χ1) is 6.95. The van der Waals surface area contributed by atoms with Gasteiger partial charge in [-0.15, -0.1) is 0 Å². The quantitative estimate of drug-likeness (QED) is 0.567. The molecule has 0 unspecified atom stereocenters. The van der Waals surface area contributed by atoms with Crippen LogP contribution >= 0.6 is 0 Å². The number of hydrogen-bond donors (Lipinski definition) is 0. The van der Waals surface area contributed by atoms with E-state index in [2.05, 4.69) is 36.1 Å². The molecule has 3 aromatic rings. The highest BCUT2D eigenvalue weighted by Crippen LogP contribution is 2.23. The summed E-state index contributed by atoms with van der Waals surface area (Å²) in [6, 6.07) is 5.44. The van der Waals surface area contributed by atoms with E-state index >= 15 is 0 Å². The van der Waals surface area contributed by atoms with Crippen molar-refractivity contribution in [3.8, 4) is 11.3 Å². The van der Waals surface area contributed by atoms with Gasteiger partial charge in [-0.1, -0.05) is 12.1 Å². The zero-order valence-corrected chi connectivity index (χ0v) is 6.84. The second kappa shape index (κ2) is 2.63. The third-order valence-electron chi connectivity index (χ3n) is 1.87. The molecule has 2 heterocycles. The van der Waals surface area contributed by atoms with Crippen LogP contribution in [0.4, 0.5) is 0 Å². The van der Waals surface area contributed by atoms with E-state index in [1.807, 2.05) is 12.1 Å². The van der Waals surface area contributed by atoms with E-state index in [9.17, 15) is 0 Å². The minimum atomic E-state index is 0.492. The van der Waals surface area contributed by atoms with E-state index in [1.54, 1.807) is 6.07 Å². The lowest BCUT2D eigenvalue weighted by Gasteiger charge is -1.91. The van der Waals surface area contributed by atoms with Crippen LogP contribution in [0.5, 0.6) is 0 Å². The Morgan fingerprint density at radius 2 is 2.07 bits per heavy atom. The van der Waals surface area contributed by atoms with Gasteiger partial charge in [0.1, 0.15) is 16.7 Å². The summed E-state index contributed by atoms with van der Waals surface area (Å²) in [5.74, 6) is 0. The molecule has 0 spiro atoms. The maximum atomic E-state index is 4.61. The second-order valence-electron chi connectivity index (χ2n) is 2.66. The molecule has 1 aromatic carbocycles. The maximum absolute atomic E-state index is 4.61. The molecule has 0 aliphatic heterocycles. The van der Waals surface area contributed by atoms with Crippen molar-refractivity contribution in [1.82, 2.24) is 20.6 Å². The fourth-order valence-corrected chi connectivity index (χ4v) is 1.25. The molecule has 6 nitrogen and oxygen atoms in total. The molecule has 0 fully saturated rings. The molecule has 0 N–H and O–H groups in total. The van der Waals surface area contributed by atoms with Crippen molar-refractivity contribution in [2.24, 2.45) is 0 Å². The molecule has 0 saturated carbocycles. The first-order valence-electron chi connectivity index (χ1n) is 3.87. The first-order valence-corrected chi connectivity index (χ1v) is 3.87. The molecule has 0 aliphatic carbocycles. The monoisotopic (exact) mass is 187 g/mol. The van der Waals surface area contributed by atoms with Gasteiger partial charge in [-0.05, 0) is 26.7 Å². The number of rotatable bonds is 1. The number of benzene rings is 1. The van der Waals surface area contributed by atoms with Crippen LogP contribution in [-0.2, 0) is 0 Å². The summed E-state index contributed by atoms with van der Waals surface area (Å²) in [5, 5.41) is 14.5. The number of hydrogen-bond acceptors (Lipinski definition) is 6. The van der Waals surface area contributed by atoms with E-state index < -0.39 is 0 Å². The summed E-state index contributed by atoms with van der Waals surface area (Å²) in [6.45, 7) is 0. The van der Waals surface area contributed by atoms with E-state index in [0.29, 0.717) is 16.7 Å². The van der Waals surface area contributed by atoms with Crippen molar-refractivity contribution >= 4 is 11.0 Å². The van der Waals surface area contributed by atoms with Crippen LogP contribution in [0.2, 0.25) is 0 Å².